The molecule has 0 fully saturated rings. The van der Waals surface area contributed by atoms with E-state index in [9.17, 15) is 4.79 Å². The molecule has 1 aliphatic heterocycles. The first-order valence-corrected chi connectivity index (χ1v) is 10.0. The summed E-state index contributed by atoms with van der Waals surface area (Å²) in [6.45, 7) is 0. The Morgan fingerprint density at radius 1 is 0.857 bits per heavy atom. The van der Waals surface area contributed by atoms with Crippen LogP contribution in [0.15, 0.2) is 94.0 Å². The third kappa shape index (κ3) is 2.81. The second-order valence-corrected chi connectivity index (χ2v) is 7.92. The van der Waals surface area contributed by atoms with Crippen molar-refractivity contribution in [2.75, 3.05) is 0 Å². The number of allylic oxidation sites excluding steroid dienone is 1. The number of nitrogens with zero attached hydrogens (tertiary/aromatic N) is 1. The summed E-state index contributed by atoms with van der Waals surface area (Å²) in [6, 6.07) is 26.1. The van der Waals surface area contributed by atoms with Gasteiger partial charge in [-0.3, -0.25) is 10.2 Å². The van der Waals surface area contributed by atoms with E-state index in [1.807, 2.05) is 54.6 Å². The Morgan fingerprint density at radius 3 is 2.29 bits per heavy atom. The first-order chi connectivity index (χ1) is 13.7. The molecular weight excluding hydrogens is 412 g/mol. The first-order valence-electron chi connectivity index (χ1n) is 9.24. The zero-order valence-corrected chi connectivity index (χ0v) is 16.6. The van der Waals surface area contributed by atoms with Crippen molar-refractivity contribution in [2.24, 2.45) is 5.10 Å². The fourth-order valence-corrected chi connectivity index (χ4v) is 4.28. The van der Waals surface area contributed by atoms with Gasteiger partial charge in [-0.1, -0.05) is 82.7 Å². The molecule has 3 nitrogen and oxygen atoms in total. The molecule has 0 bridgehead atoms. The molecule has 5 rings (SSSR count). The molecule has 0 aromatic heterocycles. The quantitative estimate of drug-likeness (QED) is 0.582. The molecule has 136 valence electrons. The predicted molar refractivity (Wildman–Crippen MR) is 115 cm³/mol. The topological polar surface area (TPSA) is 41.5 Å². The van der Waals surface area contributed by atoms with Crippen LogP contribution in [0.1, 0.15) is 39.4 Å². The van der Waals surface area contributed by atoms with Gasteiger partial charge in [0.1, 0.15) is 0 Å². The van der Waals surface area contributed by atoms with Gasteiger partial charge >= 0.3 is 0 Å². The van der Waals surface area contributed by atoms with E-state index in [2.05, 4.69) is 45.6 Å². The minimum Gasteiger partial charge on any atom is -0.289 e. The number of hydrogen-bond donors (Lipinski definition) is 1. The Balaban J connectivity index is 1.66. The molecule has 28 heavy (non-hydrogen) atoms. The molecule has 1 heterocycles. The number of benzene rings is 3. The summed E-state index contributed by atoms with van der Waals surface area (Å²) < 4.78 is 1.03. The van der Waals surface area contributed by atoms with Crippen LogP contribution in [0.25, 0.3) is 5.70 Å². The average molecular weight is 429 g/mol. The van der Waals surface area contributed by atoms with E-state index < -0.39 is 0 Å². The summed E-state index contributed by atoms with van der Waals surface area (Å²) in [7, 11) is 0. The molecule has 3 aromatic rings. The molecule has 2 aliphatic rings. The van der Waals surface area contributed by atoms with Crippen LogP contribution in [0.3, 0.4) is 0 Å². The molecule has 1 unspecified atom stereocenters. The van der Waals surface area contributed by atoms with Gasteiger partial charge in [0, 0.05) is 33.5 Å². The van der Waals surface area contributed by atoms with E-state index in [0.29, 0.717) is 6.42 Å². The highest BCUT2D eigenvalue weighted by Crippen LogP contribution is 2.42. The van der Waals surface area contributed by atoms with E-state index in [-0.39, 0.29) is 11.7 Å². The largest absolute Gasteiger partial charge is 0.289 e. The minimum atomic E-state index is -0.0477. The highest BCUT2D eigenvalue weighted by atomic mass is 79.9. The van der Waals surface area contributed by atoms with Gasteiger partial charge in [-0.2, -0.15) is 5.10 Å². The van der Waals surface area contributed by atoms with E-state index in [4.69, 9.17) is 5.10 Å². The molecule has 0 saturated carbocycles. The fraction of sp³-hybridized carbons (Fsp3) is 0.0833. The number of ketones is 1. The number of carbonyl (C=O) groups is 1. The lowest BCUT2D eigenvalue weighted by atomic mass is 9.83. The Kier molecular flexibility index (Phi) is 4.21. The summed E-state index contributed by atoms with van der Waals surface area (Å²) >= 11 is 3.49. The summed E-state index contributed by atoms with van der Waals surface area (Å²) in [5.41, 5.74) is 9.69. The zero-order chi connectivity index (χ0) is 19.1. The maximum atomic E-state index is 13.3. The highest BCUT2D eigenvalue weighted by molar-refractivity contribution is 9.10. The third-order valence-corrected chi connectivity index (χ3v) is 5.91. The SMILES string of the molecule is O=C1C2=C(NN=C(c3ccc(Br)cc3)CC2c2ccccc2)c2ccccc21. The van der Waals surface area contributed by atoms with Gasteiger partial charge in [-0.05, 0) is 23.3 Å². The van der Waals surface area contributed by atoms with E-state index in [1.54, 1.807) is 0 Å². The van der Waals surface area contributed by atoms with Crippen LogP contribution < -0.4 is 5.43 Å². The van der Waals surface area contributed by atoms with Crippen molar-refractivity contribution < 1.29 is 4.79 Å². The molecule has 0 spiro atoms. The maximum Gasteiger partial charge on any atom is 0.192 e. The van der Waals surface area contributed by atoms with Crippen LogP contribution in [0.5, 0.6) is 0 Å². The van der Waals surface area contributed by atoms with Crippen LogP contribution in [-0.4, -0.2) is 11.5 Å². The minimum absolute atomic E-state index is 0.0477. The Morgan fingerprint density at radius 2 is 1.54 bits per heavy atom. The van der Waals surface area contributed by atoms with Crippen molar-refractivity contribution in [3.63, 3.8) is 0 Å². The molecule has 0 radical (unpaired) electrons. The summed E-state index contributed by atoms with van der Waals surface area (Å²) in [4.78, 5) is 13.3. The van der Waals surface area contributed by atoms with Crippen LogP contribution in [0.4, 0.5) is 0 Å². The smallest absolute Gasteiger partial charge is 0.192 e. The van der Waals surface area contributed by atoms with Crippen molar-refractivity contribution in [3.05, 3.63) is 111 Å². The Bertz CT molecular complexity index is 1130. The van der Waals surface area contributed by atoms with Crippen molar-refractivity contribution >= 4 is 33.1 Å². The van der Waals surface area contributed by atoms with Gasteiger partial charge in [0.05, 0.1) is 11.4 Å². The highest BCUT2D eigenvalue weighted by Gasteiger charge is 2.37. The lowest BCUT2D eigenvalue weighted by Crippen LogP contribution is -2.14. The monoisotopic (exact) mass is 428 g/mol. The van der Waals surface area contributed by atoms with Crippen molar-refractivity contribution in [1.29, 1.82) is 0 Å². The number of carbonyl (C=O) groups excluding carboxylic acids is 1. The van der Waals surface area contributed by atoms with E-state index >= 15 is 0 Å². The number of Topliss-reactive ketones (excluding diaryl/α,β-unsaturated/α-hetero) is 1. The summed E-state index contributed by atoms with van der Waals surface area (Å²) in [6.07, 6.45) is 0.664. The second kappa shape index (κ2) is 6.88. The number of halogens is 1. The van der Waals surface area contributed by atoms with E-state index in [1.165, 1.54) is 0 Å². The molecule has 1 atom stereocenters. The lowest BCUT2D eigenvalue weighted by Gasteiger charge is -2.18. The molecule has 1 aliphatic carbocycles. The van der Waals surface area contributed by atoms with Crippen LogP contribution in [0.2, 0.25) is 0 Å². The number of rotatable bonds is 2. The molecule has 4 heteroatoms. The van der Waals surface area contributed by atoms with E-state index in [0.717, 1.165) is 43.7 Å². The van der Waals surface area contributed by atoms with Crippen LogP contribution in [-0.2, 0) is 0 Å². The molecule has 0 saturated heterocycles. The fourth-order valence-electron chi connectivity index (χ4n) is 4.01. The Hall–Kier alpha value is -2.98. The number of hydrogen-bond acceptors (Lipinski definition) is 3. The molecule has 1 N–H and O–H groups in total. The average Bonchev–Trinajstić information content (AvgIpc) is 2.89. The molecule has 0 amide bonds. The second-order valence-electron chi connectivity index (χ2n) is 7.01. The van der Waals surface area contributed by atoms with Crippen molar-refractivity contribution in [3.8, 4) is 0 Å². The van der Waals surface area contributed by atoms with Gasteiger partial charge in [0.2, 0.25) is 0 Å². The number of nitrogens with one attached hydrogen (secondary N) is 1. The van der Waals surface area contributed by atoms with Crippen molar-refractivity contribution in [1.82, 2.24) is 5.43 Å². The lowest BCUT2D eigenvalue weighted by molar-refractivity contribution is 0.103. The number of fused-ring (bicyclic) bond motifs is 2. The van der Waals surface area contributed by atoms with Gasteiger partial charge in [0.25, 0.3) is 0 Å². The van der Waals surface area contributed by atoms with Gasteiger partial charge in [0.15, 0.2) is 5.78 Å². The van der Waals surface area contributed by atoms with Gasteiger partial charge < -0.3 is 0 Å². The van der Waals surface area contributed by atoms with Crippen LogP contribution in [0, 0.1) is 0 Å². The standard InChI is InChI=1S/C24H17BrN2O/c25-17-12-10-16(11-13-17)21-14-20(15-6-2-1-3-7-15)22-23(27-26-21)18-8-4-5-9-19(18)24(22)28/h1-13,20,27H,14H2. The molecule has 3 aromatic carbocycles. The predicted octanol–water partition coefficient (Wildman–Crippen LogP) is 5.54. The normalized spacial score (nSPS) is 18.1. The third-order valence-electron chi connectivity index (χ3n) is 5.38. The van der Waals surface area contributed by atoms with Gasteiger partial charge in [-0.25, -0.2) is 0 Å². The zero-order valence-electron chi connectivity index (χ0n) is 15.0. The summed E-state index contributed by atoms with van der Waals surface area (Å²) in [5.74, 6) is 0.0488. The van der Waals surface area contributed by atoms with Crippen molar-refractivity contribution in [2.45, 2.75) is 12.3 Å². The summed E-state index contributed by atoms with van der Waals surface area (Å²) in [5, 5.41) is 4.72. The van der Waals surface area contributed by atoms with Gasteiger partial charge in [-0.15, -0.1) is 0 Å². The van der Waals surface area contributed by atoms with Crippen LogP contribution >= 0.6 is 15.9 Å². The maximum absolute atomic E-state index is 13.3. The number of hydrazone groups is 1. The molecular formula is C24H17BrN2O. The Labute approximate surface area is 171 Å². The first kappa shape index (κ1) is 17.1.